The van der Waals surface area contributed by atoms with Gasteiger partial charge in [0.2, 0.25) is 5.91 Å². The molecule has 1 aromatic rings. The fraction of sp³-hybridized carbons (Fsp3) is 0.250. The quantitative estimate of drug-likeness (QED) is 0.717. The van der Waals surface area contributed by atoms with Crippen LogP contribution in [0.4, 0.5) is 4.39 Å². The van der Waals surface area contributed by atoms with Crippen LogP contribution >= 0.6 is 22.6 Å². The van der Waals surface area contributed by atoms with Crippen molar-refractivity contribution in [3.8, 4) is 0 Å². The van der Waals surface area contributed by atoms with Gasteiger partial charge in [0.05, 0.1) is 5.56 Å². The maximum Gasteiger partial charge on any atom is 0.328 e. The van der Waals surface area contributed by atoms with E-state index in [0.29, 0.717) is 3.57 Å². The largest absolute Gasteiger partial charge is 0.480 e. The van der Waals surface area contributed by atoms with Crippen molar-refractivity contribution in [3.05, 3.63) is 33.1 Å². The topological polar surface area (TPSA) is 86.7 Å². The Hall–Kier alpha value is -1.71. The zero-order valence-electron chi connectivity index (χ0n) is 10.1. The molecular weight excluding hydrogens is 382 g/mol. The van der Waals surface area contributed by atoms with E-state index in [1.807, 2.05) is 0 Å². The van der Waals surface area contributed by atoms with E-state index in [9.17, 15) is 18.8 Å². The first kappa shape index (κ1) is 14.7. The Morgan fingerprint density at radius 2 is 2.15 bits per heavy atom. The van der Waals surface area contributed by atoms with E-state index in [0.717, 1.165) is 11.0 Å². The maximum atomic E-state index is 13.0. The van der Waals surface area contributed by atoms with Crippen LogP contribution in [0.2, 0.25) is 0 Å². The Bertz CT molecular complexity index is 593. The van der Waals surface area contributed by atoms with Gasteiger partial charge >= 0.3 is 5.97 Å². The molecule has 6 nitrogen and oxygen atoms in total. The number of hydrogen-bond donors (Lipinski definition) is 2. The molecule has 20 heavy (non-hydrogen) atoms. The first-order chi connectivity index (χ1) is 9.40. The van der Waals surface area contributed by atoms with Crippen molar-refractivity contribution in [1.82, 2.24) is 10.2 Å². The van der Waals surface area contributed by atoms with Gasteiger partial charge in [-0.3, -0.25) is 9.59 Å². The molecule has 0 saturated carbocycles. The molecule has 1 unspecified atom stereocenters. The van der Waals surface area contributed by atoms with Crippen molar-refractivity contribution in [2.24, 2.45) is 0 Å². The summed E-state index contributed by atoms with van der Waals surface area (Å²) < 4.78 is 13.4. The standard InChI is InChI=1S/C12H10FIN2O4/c13-6-1-2-7(8(14)3-6)11(18)16-5-10(17)15-4-9(16)12(19)20/h1-3,9H,4-5H2,(H,15,17)(H,19,20). The first-order valence-electron chi connectivity index (χ1n) is 5.65. The lowest BCUT2D eigenvalue weighted by Gasteiger charge is -2.32. The molecule has 1 aliphatic heterocycles. The number of piperazine rings is 1. The average Bonchev–Trinajstić information content (AvgIpc) is 2.37. The summed E-state index contributed by atoms with van der Waals surface area (Å²) in [5.41, 5.74) is 0.174. The highest BCUT2D eigenvalue weighted by atomic mass is 127. The van der Waals surface area contributed by atoms with Gasteiger partial charge in [-0.15, -0.1) is 0 Å². The van der Waals surface area contributed by atoms with Crippen LogP contribution in [0.15, 0.2) is 18.2 Å². The third-order valence-electron chi connectivity index (χ3n) is 2.89. The van der Waals surface area contributed by atoms with E-state index in [2.05, 4.69) is 5.32 Å². The molecule has 2 rings (SSSR count). The van der Waals surface area contributed by atoms with Gasteiger partial charge in [-0.1, -0.05) is 0 Å². The summed E-state index contributed by atoms with van der Waals surface area (Å²) in [6, 6.07) is 2.45. The Balaban J connectivity index is 2.33. The fourth-order valence-corrected chi connectivity index (χ4v) is 2.60. The number of halogens is 2. The van der Waals surface area contributed by atoms with Gasteiger partial charge in [0.1, 0.15) is 18.4 Å². The molecule has 1 aromatic carbocycles. The summed E-state index contributed by atoms with van der Waals surface area (Å²) in [5, 5.41) is 11.5. The molecule has 2 N–H and O–H groups in total. The summed E-state index contributed by atoms with van der Waals surface area (Å²) in [7, 11) is 0. The second-order valence-electron chi connectivity index (χ2n) is 4.22. The van der Waals surface area contributed by atoms with Crippen LogP contribution < -0.4 is 5.32 Å². The fourth-order valence-electron chi connectivity index (χ4n) is 1.89. The number of carboxylic acid groups (broad SMARTS) is 1. The zero-order valence-corrected chi connectivity index (χ0v) is 12.3. The number of benzene rings is 1. The highest BCUT2D eigenvalue weighted by Gasteiger charge is 2.36. The molecule has 0 radical (unpaired) electrons. The molecule has 1 atom stereocenters. The average molecular weight is 392 g/mol. The van der Waals surface area contributed by atoms with Gasteiger partial charge < -0.3 is 15.3 Å². The van der Waals surface area contributed by atoms with Crippen molar-refractivity contribution in [2.45, 2.75) is 6.04 Å². The molecule has 0 spiro atoms. The predicted octanol–water partition coefficient (Wildman–Crippen LogP) is 0.456. The summed E-state index contributed by atoms with van der Waals surface area (Å²) in [5.74, 6) is -2.71. The van der Waals surface area contributed by atoms with Gasteiger partial charge in [0, 0.05) is 10.1 Å². The van der Waals surface area contributed by atoms with Crippen LogP contribution in [0.3, 0.4) is 0 Å². The molecule has 8 heteroatoms. The monoisotopic (exact) mass is 392 g/mol. The summed E-state index contributed by atoms with van der Waals surface area (Å²) >= 11 is 1.79. The molecule has 1 fully saturated rings. The van der Waals surface area contributed by atoms with Crippen molar-refractivity contribution in [1.29, 1.82) is 0 Å². The number of carboxylic acids is 1. The Morgan fingerprint density at radius 3 is 2.75 bits per heavy atom. The maximum absolute atomic E-state index is 13.0. The van der Waals surface area contributed by atoms with Crippen molar-refractivity contribution in [2.75, 3.05) is 13.1 Å². The molecule has 1 saturated heterocycles. The zero-order chi connectivity index (χ0) is 14.9. The lowest BCUT2D eigenvalue weighted by molar-refractivity contribution is -0.144. The third kappa shape index (κ3) is 2.89. The Morgan fingerprint density at radius 1 is 1.45 bits per heavy atom. The molecule has 0 aliphatic carbocycles. The van der Waals surface area contributed by atoms with Crippen LogP contribution in [0.25, 0.3) is 0 Å². The highest BCUT2D eigenvalue weighted by molar-refractivity contribution is 14.1. The number of nitrogens with one attached hydrogen (secondary N) is 1. The second-order valence-corrected chi connectivity index (χ2v) is 5.38. The van der Waals surface area contributed by atoms with Gasteiger partial charge in [-0.25, -0.2) is 9.18 Å². The molecule has 1 aliphatic rings. The lowest BCUT2D eigenvalue weighted by atomic mass is 10.1. The minimum absolute atomic E-state index is 0.141. The number of carbonyl (C=O) groups excluding carboxylic acids is 2. The van der Waals surface area contributed by atoms with Crippen molar-refractivity contribution < 1.29 is 23.9 Å². The molecular formula is C12H10FIN2O4. The smallest absolute Gasteiger partial charge is 0.328 e. The lowest BCUT2D eigenvalue weighted by Crippen LogP contribution is -2.59. The van der Waals surface area contributed by atoms with Gasteiger partial charge in [0.25, 0.3) is 5.91 Å². The third-order valence-corrected chi connectivity index (χ3v) is 3.78. The van der Waals surface area contributed by atoms with Gasteiger partial charge in [0.15, 0.2) is 0 Å². The minimum Gasteiger partial charge on any atom is -0.480 e. The van der Waals surface area contributed by atoms with Crippen LogP contribution in [0.1, 0.15) is 10.4 Å². The van der Waals surface area contributed by atoms with Crippen LogP contribution in [-0.2, 0) is 9.59 Å². The number of rotatable bonds is 2. The van der Waals surface area contributed by atoms with E-state index < -0.39 is 29.6 Å². The van der Waals surface area contributed by atoms with E-state index in [-0.39, 0.29) is 18.7 Å². The number of carbonyl (C=O) groups is 3. The number of hydrogen-bond acceptors (Lipinski definition) is 3. The Labute approximate surface area is 127 Å². The minimum atomic E-state index is -1.20. The van der Waals surface area contributed by atoms with Gasteiger partial charge in [-0.2, -0.15) is 0 Å². The highest BCUT2D eigenvalue weighted by Crippen LogP contribution is 2.18. The number of amides is 2. The van der Waals surface area contributed by atoms with Crippen LogP contribution in [-0.4, -0.2) is 46.9 Å². The normalized spacial score (nSPS) is 18.6. The summed E-state index contributed by atoms with van der Waals surface area (Å²) in [6.07, 6.45) is 0. The SMILES string of the molecule is O=C1CN(C(=O)c2ccc(F)cc2I)C(C(=O)O)CN1. The predicted molar refractivity (Wildman–Crippen MR) is 74.6 cm³/mol. The molecule has 1 heterocycles. The van der Waals surface area contributed by atoms with Crippen LogP contribution in [0.5, 0.6) is 0 Å². The van der Waals surface area contributed by atoms with E-state index in [1.165, 1.54) is 12.1 Å². The molecule has 106 valence electrons. The van der Waals surface area contributed by atoms with E-state index >= 15 is 0 Å². The Kier molecular flexibility index (Phi) is 4.21. The summed E-state index contributed by atoms with van der Waals surface area (Å²) in [6.45, 7) is -0.471. The van der Waals surface area contributed by atoms with E-state index in [1.54, 1.807) is 22.6 Å². The molecule has 0 bridgehead atoms. The van der Waals surface area contributed by atoms with E-state index in [4.69, 9.17) is 5.11 Å². The molecule has 2 amide bonds. The molecule has 0 aromatic heterocycles. The van der Waals surface area contributed by atoms with Crippen molar-refractivity contribution in [3.63, 3.8) is 0 Å². The summed E-state index contributed by atoms with van der Waals surface area (Å²) in [4.78, 5) is 35.8. The van der Waals surface area contributed by atoms with Gasteiger partial charge in [-0.05, 0) is 40.8 Å². The second kappa shape index (κ2) is 5.73. The first-order valence-corrected chi connectivity index (χ1v) is 6.73. The number of aliphatic carboxylic acids is 1. The van der Waals surface area contributed by atoms with Crippen molar-refractivity contribution >= 4 is 40.4 Å². The number of nitrogens with zero attached hydrogens (tertiary/aromatic N) is 1. The van der Waals surface area contributed by atoms with Crippen LogP contribution in [0, 0.1) is 9.39 Å².